The van der Waals surface area contributed by atoms with Crippen LogP contribution in [-0.2, 0) is 26.2 Å². The maximum Gasteiger partial charge on any atom is 0.178 e. The van der Waals surface area contributed by atoms with E-state index in [0.29, 0.717) is 48.8 Å². The van der Waals surface area contributed by atoms with E-state index in [4.69, 9.17) is 4.74 Å². The number of hydrogen-bond donors (Lipinski definition) is 4. The third-order valence-corrected chi connectivity index (χ3v) is 4.45. The Morgan fingerprint density at radius 2 is 1.80 bits per heavy atom. The zero-order valence-corrected chi connectivity index (χ0v) is 16.8. The minimum Gasteiger partial charge on any atom is -0.487 e. The summed E-state index contributed by atoms with van der Waals surface area (Å²) in [7, 11) is 0. The van der Waals surface area contributed by atoms with Gasteiger partial charge in [-0.25, -0.2) is 0 Å². The summed E-state index contributed by atoms with van der Waals surface area (Å²) in [4.78, 5) is 4.28. The molecule has 0 saturated heterocycles. The number of aromatic nitrogens is 3. The number of rotatable bonds is 10. The molecule has 2 aromatic heterocycles. The Bertz CT molecular complexity index is 951. The van der Waals surface area contributed by atoms with E-state index >= 15 is 0 Å². The van der Waals surface area contributed by atoms with Gasteiger partial charge >= 0.3 is 0 Å². The number of ether oxygens (including phenoxy) is 1. The summed E-state index contributed by atoms with van der Waals surface area (Å²) in [6.07, 6.45) is -1.00. The Hall–Kier alpha value is -2.91. The van der Waals surface area contributed by atoms with Crippen LogP contribution in [0.2, 0.25) is 0 Å². The van der Waals surface area contributed by atoms with Gasteiger partial charge in [0, 0.05) is 31.1 Å². The molecule has 0 bridgehead atoms. The first kappa shape index (κ1) is 21.8. The maximum absolute atomic E-state index is 9.37. The Labute approximate surface area is 175 Å². The first-order valence-corrected chi connectivity index (χ1v) is 9.72. The van der Waals surface area contributed by atoms with Gasteiger partial charge in [0.1, 0.15) is 18.1 Å². The lowest BCUT2D eigenvalue weighted by atomic mass is 10.1. The first-order valence-electron chi connectivity index (χ1n) is 9.72. The van der Waals surface area contributed by atoms with E-state index in [1.165, 1.54) is 6.07 Å². The van der Waals surface area contributed by atoms with Crippen molar-refractivity contribution in [3.05, 3.63) is 82.4 Å². The van der Waals surface area contributed by atoms with Crippen LogP contribution in [0, 0.1) is 6.92 Å². The van der Waals surface area contributed by atoms with Gasteiger partial charge < -0.3 is 25.4 Å². The fourth-order valence-electron chi connectivity index (χ4n) is 2.94. The highest BCUT2D eigenvalue weighted by Gasteiger charge is 2.10. The molecule has 8 heteroatoms. The molecule has 0 aliphatic rings. The van der Waals surface area contributed by atoms with E-state index in [9.17, 15) is 15.3 Å². The van der Waals surface area contributed by atoms with Crippen LogP contribution in [0.1, 0.15) is 40.2 Å². The number of aliphatic hydroxyl groups is 3. The topological polar surface area (TPSA) is 121 Å². The van der Waals surface area contributed by atoms with Crippen molar-refractivity contribution in [3.63, 3.8) is 0 Å². The fourth-order valence-corrected chi connectivity index (χ4v) is 2.94. The van der Waals surface area contributed by atoms with Gasteiger partial charge in [0.15, 0.2) is 6.29 Å². The Morgan fingerprint density at radius 3 is 2.53 bits per heavy atom. The molecule has 158 valence electrons. The molecular weight excluding hydrogens is 384 g/mol. The SMILES string of the molecule is Cc1cc(OCc2ccccc2)c(CCNCc2cc(C(O)O)cc(CO)n2)nn1. The van der Waals surface area contributed by atoms with Crippen LogP contribution in [0.5, 0.6) is 5.75 Å². The molecule has 3 aromatic rings. The molecule has 0 saturated carbocycles. The molecular formula is C22H26N4O4. The normalized spacial score (nSPS) is 11.1. The second-order valence-corrected chi connectivity index (χ2v) is 6.91. The summed E-state index contributed by atoms with van der Waals surface area (Å²) in [5.41, 5.74) is 3.92. The van der Waals surface area contributed by atoms with Crippen molar-refractivity contribution in [3.8, 4) is 5.75 Å². The van der Waals surface area contributed by atoms with Crippen LogP contribution in [0.15, 0.2) is 48.5 Å². The van der Waals surface area contributed by atoms with E-state index < -0.39 is 6.29 Å². The van der Waals surface area contributed by atoms with Gasteiger partial charge in [0.2, 0.25) is 0 Å². The highest BCUT2D eigenvalue weighted by molar-refractivity contribution is 5.29. The Kier molecular flexibility index (Phi) is 7.81. The van der Waals surface area contributed by atoms with Crippen molar-refractivity contribution < 1.29 is 20.1 Å². The van der Waals surface area contributed by atoms with Crippen LogP contribution in [0.4, 0.5) is 0 Å². The quantitative estimate of drug-likeness (QED) is 0.294. The molecule has 4 N–H and O–H groups in total. The van der Waals surface area contributed by atoms with Crippen LogP contribution in [0.25, 0.3) is 0 Å². The van der Waals surface area contributed by atoms with Crippen molar-refractivity contribution >= 4 is 0 Å². The highest BCUT2D eigenvalue weighted by atomic mass is 16.5. The summed E-state index contributed by atoms with van der Waals surface area (Å²) in [5, 5.41) is 39.7. The molecule has 0 unspecified atom stereocenters. The Balaban J connectivity index is 1.58. The highest BCUT2D eigenvalue weighted by Crippen LogP contribution is 2.19. The molecule has 0 atom stereocenters. The second-order valence-electron chi connectivity index (χ2n) is 6.91. The van der Waals surface area contributed by atoms with Gasteiger partial charge in [-0.2, -0.15) is 10.2 Å². The number of aliphatic hydroxyl groups excluding tert-OH is 2. The predicted octanol–water partition coefficient (Wildman–Crippen LogP) is 1.57. The first-order chi connectivity index (χ1) is 14.5. The molecule has 0 fully saturated rings. The summed E-state index contributed by atoms with van der Waals surface area (Å²) < 4.78 is 5.97. The number of nitrogens with zero attached hydrogens (tertiary/aromatic N) is 3. The number of aryl methyl sites for hydroxylation is 1. The minimum atomic E-state index is -1.61. The molecule has 2 heterocycles. The predicted molar refractivity (Wildman–Crippen MR) is 110 cm³/mol. The molecule has 0 aliphatic carbocycles. The van der Waals surface area contributed by atoms with Crippen molar-refractivity contribution in [2.24, 2.45) is 0 Å². The summed E-state index contributed by atoms with van der Waals surface area (Å²) in [6, 6.07) is 14.9. The van der Waals surface area contributed by atoms with Gasteiger partial charge in [-0.15, -0.1) is 0 Å². The lowest BCUT2D eigenvalue weighted by Crippen LogP contribution is -2.19. The smallest absolute Gasteiger partial charge is 0.178 e. The number of hydrogen-bond acceptors (Lipinski definition) is 8. The zero-order valence-electron chi connectivity index (χ0n) is 16.8. The minimum absolute atomic E-state index is 0.269. The van der Waals surface area contributed by atoms with E-state index in [1.54, 1.807) is 6.07 Å². The lowest BCUT2D eigenvalue weighted by molar-refractivity contribution is -0.0427. The fraction of sp³-hybridized carbons (Fsp3) is 0.318. The molecule has 0 aliphatic heterocycles. The second kappa shape index (κ2) is 10.7. The molecule has 0 amide bonds. The van der Waals surface area contributed by atoms with Crippen LogP contribution >= 0.6 is 0 Å². The molecule has 30 heavy (non-hydrogen) atoms. The molecule has 1 aromatic carbocycles. The maximum atomic E-state index is 9.37. The van der Waals surface area contributed by atoms with Crippen molar-refractivity contribution in [2.75, 3.05) is 6.54 Å². The molecule has 0 spiro atoms. The molecule has 0 radical (unpaired) electrons. The standard InChI is InChI=1S/C22H26N4O4/c1-15-9-21(30-14-16-5-3-2-4-6-16)20(26-25-15)7-8-23-12-18-10-17(22(28)29)11-19(13-27)24-18/h2-6,9-11,22-23,27-29H,7-8,12-14H2,1H3. The molecule has 8 nitrogen and oxygen atoms in total. The van der Waals surface area contributed by atoms with Crippen LogP contribution in [-0.4, -0.2) is 37.0 Å². The third kappa shape index (κ3) is 6.30. The summed E-state index contributed by atoms with van der Waals surface area (Å²) in [6.45, 7) is 3.07. The third-order valence-electron chi connectivity index (χ3n) is 4.45. The zero-order chi connectivity index (χ0) is 21.3. The van der Waals surface area contributed by atoms with E-state index in [2.05, 4.69) is 20.5 Å². The Morgan fingerprint density at radius 1 is 1.03 bits per heavy atom. The van der Waals surface area contributed by atoms with E-state index in [0.717, 1.165) is 17.0 Å². The van der Waals surface area contributed by atoms with Crippen molar-refractivity contribution in [1.82, 2.24) is 20.5 Å². The van der Waals surface area contributed by atoms with Crippen molar-refractivity contribution in [2.45, 2.75) is 39.4 Å². The summed E-state index contributed by atoms with van der Waals surface area (Å²) >= 11 is 0. The van der Waals surface area contributed by atoms with Gasteiger partial charge in [-0.05, 0) is 24.6 Å². The monoisotopic (exact) mass is 410 g/mol. The number of nitrogens with one attached hydrogen (secondary N) is 1. The summed E-state index contributed by atoms with van der Waals surface area (Å²) in [5.74, 6) is 0.708. The van der Waals surface area contributed by atoms with Gasteiger partial charge in [0.05, 0.1) is 23.7 Å². The van der Waals surface area contributed by atoms with Gasteiger partial charge in [0.25, 0.3) is 0 Å². The average Bonchev–Trinajstić information content (AvgIpc) is 2.76. The van der Waals surface area contributed by atoms with Crippen LogP contribution < -0.4 is 10.1 Å². The van der Waals surface area contributed by atoms with E-state index in [1.807, 2.05) is 43.3 Å². The lowest BCUT2D eigenvalue weighted by Gasteiger charge is -2.12. The van der Waals surface area contributed by atoms with Gasteiger partial charge in [-0.1, -0.05) is 30.3 Å². The largest absolute Gasteiger partial charge is 0.487 e. The van der Waals surface area contributed by atoms with Crippen molar-refractivity contribution in [1.29, 1.82) is 0 Å². The van der Waals surface area contributed by atoms with Gasteiger partial charge in [-0.3, -0.25) is 4.98 Å². The number of benzene rings is 1. The van der Waals surface area contributed by atoms with E-state index in [-0.39, 0.29) is 6.61 Å². The molecule has 3 rings (SSSR count). The number of pyridine rings is 1. The van der Waals surface area contributed by atoms with Crippen LogP contribution in [0.3, 0.4) is 0 Å². The average molecular weight is 410 g/mol.